The summed E-state index contributed by atoms with van der Waals surface area (Å²) in [5.41, 5.74) is 0. The lowest BCUT2D eigenvalue weighted by molar-refractivity contribution is -0.161. The van der Waals surface area contributed by atoms with Crippen LogP contribution >= 0.6 is 15.6 Å². The maximum absolute atomic E-state index is 13.0. The fraction of sp³-hybridized carbons (Fsp3) is 0.889. The zero-order chi connectivity index (χ0) is 67.2. The number of aliphatic hydroxyl groups is 1. The first-order valence-electron chi connectivity index (χ1n) is 36.8. The molecule has 0 aromatic rings. The molecule has 19 heteroatoms. The molecule has 5 atom stereocenters. The van der Waals surface area contributed by atoms with E-state index < -0.39 is 97.5 Å². The van der Waals surface area contributed by atoms with Crippen LogP contribution in [0, 0.1) is 11.8 Å². The molecule has 0 aromatic heterocycles. The third-order valence-corrected chi connectivity index (χ3v) is 18.0. The Hall–Kier alpha value is -2.46. The molecule has 2 unspecified atom stereocenters. The molecular weight excluding hydrogens is 1200 g/mol. The van der Waals surface area contributed by atoms with Gasteiger partial charge in [-0.1, -0.05) is 291 Å². The Kier molecular flexibility index (Phi) is 61.9. The second kappa shape index (κ2) is 63.6. The van der Waals surface area contributed by atoms with Crippen LogP contribution in [0.5, 0.6) is 0 Å². The van der Waals surface area contributed by atoms with Crippen LogP contribution < -0.4 is 0 Å². The molecule has 0 aliphatic carbocycles. The van der Waals surface area contributed by atoms with Crippen molar-refractivity contribution in [2.45, 2.75) is 362 Å². The number of phosphoric ester groups is 2. The molecule has 0 amide bonds. The number of allylic oxidation sites excluding steroid dienone is 4. The number of carbonyl (C=O) groups excluding carboxylic acids is 4. The first-order valence-corrected chi connectivity index (χ1v) is 39.8. The zero-order valence-corrected chi connectivity index (χ0v) is 60.4. The van der Waals surface area contributed by atoms with Gasteiger partial charge in [0.1, 0.15) is 19.3 Å². The Balaban J connectivity index is 5.29. The van der Waals surface area contributed by atoms with Crippen LogP contribution in [-0.4, -0.2) is 96.7 Å². The summed E-state index contributed by atoms with van der Waals surface area (Å²) in [6.45, 7) is 9.46. The maximum atomic E-state index is 13.0. The van der Waals surface area contributed by atoms with Gasteiger partial charge in [-0.15, -0.1) is 0 Å². The normalized spacial score (nSPS) is 14.3. The number of aliphatic hydroxyl groups excluding tert-OH is 1. The summed E-state index contributed by atoms with van der Waals surface area (Å²) in [4.78, 5) is 72.6. The number of esters is 4. The molecule has 3 N–H and O–H groups in total. The van der Waals surface area contributed by atoms with Gasteiger partial charge in [0.05, 0.1) is 26.4 Å². The van der Waals surface area contributed by atoms with Crippen LogP contribution in [0.3, 0.4) is 0 Å². The van der Waals surface area contributed by atoms with E-state index in [1.54, 1.807) is 0 Å². The van der Waals surface area contributed by atoms with Gasteiger partial charge in [-0.05, 0) is 63.2 Å². The Morgan fingerprint density at radius 3 is 0.901 bits per heavy atom. The van der Waals surface area contributed by atoms with E-state index in [1.807, 2.05) is 0 Å². The second-order valence-corrected chi connectivity index (χ2v) is 29.2. The van der Waals surface area contributed by atoms with E-state index in [0.717, 1.165) is 115 Å². The Labute approximate surface area is 554 Å². The van der Waals surface area contributed by atoms with Crippen molar-refractivity contribution in [2.24, 2.45) is 11.8 Å². The summed E-state index contributed by atoms with van der Waals surface area (Å²) >= 11 is 0. The highest BCUT2D eigenvalue weighted by Crippen LogP contribution is 2.45. The van der Waals surface area contributed by atoms with Gasteiger partial charge in [0.2, 0.25) is 0 Å². The number of hydrogen-bond acceptors (Lipinski definition) is 15. The van der Waals surface area contributed by atoms with E-state index in [0.29, 0.717) is 25.7 Å². The number of unbranched alkanes of at least 4 members (excludes halogenated alkanes) is 36. The highest BCUT2D eigenvalue weighted by Gasteiger charge is 2.30. The molecule has 0 saturated carbocycles. The third-order valence-electron chi connectivity index (χ3n) is 16.1. The van der Waals surface area contributed by atoms with E-state index in [2.05, 4.69) is 65.8 Å². The first kappa shape index (κ1) is 88.5. The number of phosphoric acid groups is 2. The van der Waals surface area contributed by atoms with Gasteiger partial charge >= 0.3 is 39.5 Å². The van der Waals surface area contributed by atoms with Crippen molar-refractivity contribution in [1.29, 1.82) is 0 Å². The molecule has 0 saturated heterocycles. The quantitative estimate of drug-likeness (QED) is 0.0169. The molecule has 91 heavy (non-hydrogen) atoms. The molecule has 0 radical (unpaired) electrons. The average Bonchev–Trinajstić information content (AvgIpc) is 3.06. The van der Waals surface area contributed by atoms with E-state index in [4.69, 9.17) is 37.0 Å². The van der Waals surface area contributed by atoms with Gasteiger partial charge in [-0.25, -0.2) is 9.13 Å². The molecule has 0 rings (SSSR count). The van der Waals surface area contributed by atoms with E-state index >= 15 is 0 Å². The summed E-state index contributed by atoms with van der Waals surface area (Å²) in [6.07, 6.45) is 52.1. The lowest BCUT2D eigenvalue weighted by Crippen LogP contribution is -2.30. The Morgan fingerprint density at radius 1 is 0.341 bits per heavy atom. The van der Waals surface area contributed by atoms with Crippen molar-refractivity contribution in [3.8, 4) is 0 Å². The molecule has 17 nitrogen and oxygen atoms in total. The number of hydrogen-bond donors (Lipinski definition) is 3. The van der Waals surface area contributed by atoms with Crippen molar-refractivity contribution < 1.29 is 80.2 Å². The maximum Gasteiger partial charge on any atom is 0.472 e. The number of carbonyl (C=O) groups is 4. The van der Waals surface area contributed by atoms with Crippen LogP contribution in [0.15, 0.2) is 24.3 Å². The lowest BCUT2D eigenvalue weighted by Gasteiger charge is -2.21. The molecule has 0 bridgehead atoms. The average molecular weight is 1340 g/mol. The predicted molar refractivity (Wildman–Crippen MR) is 367 cm³/mol. The summed E-state index contributed by atoms with van der Waals surface area (Å²) < 4.78 is 68.3. The van der Waals surface area contributed by atoms with Crippen molar-refractivity contribution >= 4 is 39.5 Å². The van der Waals surface area contributed by atoms with Gasteiger partial charge in [0.15, 0.2) is 12.2 Å². The lowest BCUT2D eigenvalue weighted by atomic mass is 10.0. The minimum Gasteiger partial charge on any atom is -0.462 e. The van der Waals surface area contributed by atoms with E-state index in [1.165, 1.54) is 148 Å². The fourth-order valence-electron chi connectivity index (χ4n) is 10.4. The van der Waals surface area contributed by atoms with Crippen LogP contribution in [-0.2, 0) is 65.4 Å². The van der Waals surface area contributed by atoms with Crippen molar-refractivity contribution in [1.82, 2.24) is 0 Å². The van der Waals surface area contributed by atoms with E-state index in [9.17, 15) is 43.2 Å². The second-order valence-electron chi connectivity index (χ2n) is 26.2. The molecule has 0 aromatic carbocycles. The largest absolute Gasteiger partial charge is 0.472 e. The van der Waals surface area contributed by atoms with Gasteiger partial charge < -0.3 is 33.8 Å². The molecular formula is C72H136O17P2. The van der Waals surface area contributed by atoms with Crippen LogP contribution in [0.25, 0.3) is 0 Å². The third kappa shape index (κ3) is 66.0. The van der Waals surface area contributed by atoms with Crippen molar-refractivity contribution in [3.63, 3.8) is 0 Å². The van der Waals surface area contributed by atoms with Gasteiger partial charge in [-0.3, -0.25) is 37.3 Å². The molecule has 0 aliphatic rings. The van der Waals surface area contributed by atoms with Gasteiger partial charge in [-0.2, -0.15) is 0 Å². The summed E-state index contributed by atoms with van der Waals surface area (Å²) in [7, 11) is -9.92. The topological polar surface area (TPSA) is 237 Å². The Morgan fingerprint density at radius 2 is 0.593 bits per heavy atom. The van der Waals surface area contributed by atoms with Crippen LogP contribution in [0.4, 0.5) is 0 Å². The first-order chi connectivity index (χ1) is 43.9. The number of rotatable bonds is 69. The molecule has 0 spiro atoms. The molecule has 0 fully saturated rings. The minimum atomic E-state index is -4.96. The fourth-order valence-corrected chi connectivity index (χ4v) is 12.0. The van der Waals surface area contributed by atoms with Gasteiger partial charge in [0, 0.05) is 25.7 Å². The minimum absolute atomic E-state index is 0.0848. The summed E-state index contributed by atoms with van der Waals surface area (Å²) in [5.74, 6) is -0.649. The highest BCUT2D eigenvalue weighted by atomic mass is 31.2. The molecule has 0 aliphatic heterocycles. The summed E-state index contributed by atoms with van der Waals surface area (Å²) in [6, 6.07) is 0. The van der Waals surface area contributed by atoms with Crippen molar-refractivity contribution in [3.05, 3.63) is 24.3 Å². The molecule has 536 valence electrons. The Bertz CT molecular complexity index is 1860. The van der Waals surface area contributed by atoms with Crippen LogP contribution in [0.1, 0.15) is 343 Å². The SMILES string of the molecule is CCCCCC/C=C\C=C/CCCCCCCC(=O)O[C@H](COC(=O)CCCCCCCCCCCCCC(C)C)COP(=O)(O)OC[C@@H](O)COP(=O)(O)OC[C@@H](COC(=O)CCCCCCCCCCCC)OC(=O)CCCCCCCCCCCC(C)C. The molecule has 0 heterocycles. The van der Waals surface area contributed by atoms with Crippen LogP contribution in [0.2, 0.25) is 0 Å². The monoisotopic (exact) mass is 1330 g/mol. The highest BCUT2D eigenvalue weighted by molar-refractivity contribution is 7.47. The summed E-state index contributed by atoms with van der Waals surface area (Å²) in [5, 5.41) is 10.6. The van der Waals surface area contributed by atoms with E-state index in [-0.39, 0.29) is 25.7 Å². The zero-order valence-electron chi connectivity index (χ0n) is 58.6. The number of ether oxygens (including phenoxy) is 4. The van der Waals surface area contributed by atoms with Gasteiger partial charge in [0.25, 0.3) is 0 Å². The predicted octanol–water partition coefficient (Wildman–Crippen LogP) is 20.3. The smallest absolute Gasteiger partial charge is 0.462 e. The standard InChI is InChI=1S/C72H136O17P2/c1-7-9-11-13-15-17-19-20-21-22-25-32-38-44-50-56-71(76)88-67(61-83-70(75)55-49-43-37-31-26-23-24-28-34-40-46-52-64(3)4)62-86-90(78,79)84-58-66(73)59-85-91(80,81)87-63-68(60-82-69(74)54-48-42-36-30-18-16-14-12-10-8-2)89-72(77)57-51-45-39-33-27-29-35-41-47-53-65(5)6/h17,19-21,64-68,73H,7-16,18,22-63H2,1-6H3,(H,78,79)(H,80,81)/b19-17-,21-20-/t66-,67-,68-/m1/s1. The van der Waals surface area contributed by atoms with Crippen molar-refractivity contribution in [2.75, 3.05) is 39.6 Å².